The predicted octanol–water partition coefficient (Wildman–Crippen LogP) is 2.32. The Labute approximate surface area is 129 Å². The summed E-state index contributed by atoms with van der Waals surface area (Å²) in [4.78, 5) is 6.03. The van der Waals surface area contributed by atoms with Gasteiger partial charge in [-0.25, -0.2) is 9.99 Å². The Morgan fingerprint density at radius 2 is 1.90 bits per heavy atom. The molecule has 0 fully saturated rings. The number of nitrogens with one attached hydrogen (secondary N) is 1. The fraction of sp³-hybridized carbons (Fsp3) is 0.400. The summed E-state index contributed by atoms with van der Waals surface area (Å²) in [6, 6.07) is 9.62. The first-order valence-electron chi connectivity index (χ1n) is 7.19. The van der Waals surface area contributed by atoms with E-state index in [0.717, 1.165) is 28.6 Å². The zero-order valence-electron chi connectivity index (χ0n) is 12.4. The molecule has 0 radical (unpaired) electrons. The third kappa shape index (κ3) is 2.97. The molecule has 0 spiro atoms. The first kappa shape index (κ1) is 14.9. The van der Waals surface area contributed by atoms with Crippen LogP contribution < -0.4 is 15.2 Å². The normalized spacial score (nSPS) is 17.5. The summed E-state index contributed by atoms with van der Waals surface area (Å²) in [6.07, 6.45) is 4.49. The van der Waals surface area contributed by atoms with Crippen LogP contribution in [0.2, 0.25) is 0 Å². The van der Waals surface area contributed by atoms with Crippen LogP contribution in [0.5, 0.6) is 0 Å². The molecule has 6 heteroatoms. The largest absolute Gasteiger partial charge is 0.293 e. The second kappa shape index (κ2) is 6.01. The zero-order chi connectivity index (χ0) is 14.9. The summed E-state index contributed by atoms with van der Waals surface area (Å²) in [6.45, 7) is 0. The van der Waals surface area contributed by atoms with Crippen molar-refractivity contribution < 1.29 is 4.57 Å². The van der Waals surface area contributed by atoms with Crippen LogP contribution >= 0.6 is 18.6 Å². The fourth-order valence-electron chi connectivity index (χ4n) is 2.60. The van der Waals surface area contributed by atoms with Crippen molar-refractivity contribution in [3.8, 4) is 0 Å². The van der Waals surface area contributed by atoms with Crippen molar-refractivity contribution in [2.45, 2.75) is 25.7 Å². The second-order valence-corrected chi connectivity index (χ2v) is 9.26. The zero-order valence-corrected chi connectivity index (χ0v) is 14.1. The molecule has 112 valence electrons. The summed E-state index contributed by atoms with van der Waals surface area (Å²) >= 11 is 1.62. The molecular formula is C15H20N3OPS. The number of thiazole rings is 1. The molecule has 1 aliphatic rings. The van der Waals surface area contributed by atoms with Crippen LogP contribution in [-0.4, -0.2) is 24.1 Å². The smallest absolute Gasteiger partial charge is 0.245 e. The van der Waals surface area contributed by atoms with Crippen molar-refractivity contribution in [3.05, 3.63) is 40.9 Å². The van der Waals surface area contributed by atoms with E-state index in [2.05, 4.69) is 5.20 Å². The molecule has 0 amide bonds. The molecule has 21 heavy (non-hydrogen) atoms. The van der Waals surface area contributed by atoms with E-state index in [1.807, 2.05) is 44.4 Å². The third-order valence-corrected chi connectivity index (χ3v) is 7.92. The lowest BCUT2D eigenvalue weighted by atomic mass is 10.0. The Balaban J connectivity index is 2.07. The van der Waals surface area contributed by atoms with Gasteiger partial charge in [-0.15, -0.1) is 11.3 Å². The summed E-state index contributed by atoms with van der Waals surface area (Å²) in [5.74, 6) is 0. The maximum Gasteiger partial charge on any atom is 0.245 e. The molecule has 0 saturated carbocycles. The van der Waals surface area contributed by atoms with Crippen LogP contribution in [0.3, 0.4) is 0 Å². The van der Waals surface area contributed by atoms with E-state index in [4.69, 9.17) is 4.98 Å². The fourth-order valence-corrected chi connectivity index (χ4v) is 6.61. The minimum Gasteiger partial charge on any atom is -0.293 e. The highest BCUT2D eigenvalue weighted by Gasteiger charge is 2.33. The molecule has 1 heterocycles. The quantitative estimate of drug-likeness (QED) is 0.693. The molecule has 1 atom stereocenters. The minimum atomic E-state index is -2.90. The molecule has 2 aromatic rings. The van der Waals surface area contributed by atoms with E-state index < -0.39 is 7.29 Å². The van der Waals surface area contributed by atoms with E-state index in [1.165, 1.54) is 17.7 Å². The SMILES string of the molecule is CN(C)NP(=O)(c1ccccc1)c1nc2c(s1)CCCC2. The van der Waals surface area contributed by atoms with Gasteiger partial charge < -0.3 is 0 Å². The molecular weight excluding hydrogens is 301 g/mol. The molecule has 0 saturated heterocycles. The van der Waals surface area contributed by atoms with Gasteiger partial charge in [0.1, 0.15) is 0 Å². The van der Waals surface area contributed by atoms with Gasteiger partial charge in [-0.3, -0.25) is 4.57 Å². The van der Waals surface area contributed by atoms with Crippen molar-refractivity contribution in [1.29, 1.82) is 0 Å². The van der Waals surface area contributed by atoms with Crippen LogP contribution in [0.25, 0.3) is 0 Å². The number of hydrogen-bond acceptors (Lipinski definition) is 4. The van der Waals surface area contributed by atoms with Gasteiger partial charge in [0.25, 0.3) is 0 Å². The lowest BCUT2D eigenvalue weighted by Crippen LogP contribution is -2.36. The first-order chi connectivity index (χ1) is 10.1. The second-order valence-electron chi connectivity index (χ2n) is 5.51. The number of benzene rings is 1. The number of aryl methyl sites for hydroxylation is 2. The van der Waals surface area contributed by atoms with Crippen LogP contribution in [0.1, 0.15) is 23.4 Å². The Kier molecular flexibility index (Phi) is 4.27. The summed E-state index contributed by atoms with van der Waals surface area (Å²) in [7, 11) is 0.827. The highest BCUT2D eigenvalue weighted by molar-refractivity contribution is 7.81. The predicted molar refractivity (Wildman–Crippen MR) is 88.9 cm³/mol. The van der Waals surface area contributed by atoms with Crippen molar-refractivity contribution in [2.75, 3.05) is 14.1 Å². The summed E-state index contributed by atoms with van der Waals surface area (Å²) in [5, 5.41) is 5.70. The number of rotatable bonds is 4. The van der Waals surface area contributed by atoms with Gasteiger partial charge >= 0.3 is 0 Å². The maximum atomic E-state index is 13.6. The van der Waals surface area contributed by atoms with E-state index in [1.54, 1.807) is 16.3 Å². The van der Waals surface area contributed by atoms with Crippen molar-refractivity contribution in [1.82, 2.24) is 15.2 Å². The number of fused-ring (bicyclic) bond motifs is 1. The molecule has 4 nitrogen and oxygen atoms in total. The van der Waals surface area contributed by atoms with E-state index >= 15 is 0 Å². The summed E-state index contributed by atoms with van der Waals surface area (Å²) in [5.41, 5.74) is 1.15. The molecule has 3 rings (SSSR count). The van der Waals surface area contributed by atoms with Crippen LogP contribution in [0.15, 0.2) is 30.3 Å². The number of aromatic nitrogens is 1. The lowest BCUT2D eigenvalue weighted by Gasteiger charge is -2.22. The number of nitrogens with zero attached hydrogens (tertiary/aromatic N) is 2. The molecule has 1 unspecified atom stereocenters. The van der Waals surface area contributed by atoms with Crippen LogP contribution in [0, 0.1) is 0 Å². The van der Waals surface area contributed by atoms with Gasteiger partial charge in [0, 0.05) is 24.3 Å². The first-order valence-corrected chi connectivity index (χ1v) is 9.72. The summed E-state index contributed by atoms with van der Waals surface area (Å²) < 4.78 is 14.4. The lowest BCUT2D eigenvalue weighted by molar-refractivity contribution is 0.368. The van der Waals surface area contributed by atoms with Crippen molar-refractivity contribution >= 4 is 28.7 Å². The monoisotopic (exact) mass is 321 g/mol. The van der Waals surface area contributed by atoms with Gasteiger partial charge in [0.15, 0.2) is 4.75 Å². The topological polar surface area (TPSA) is 45.2 Å². The van der Waals surface area contributed by atoms with E-state index in [0.29, 0.717) is 0 Å². The maximum absolute atomic E-state index is 13.6. The van der Waals surface area contributed by atoms with Crippen LogP contribution in [0.4, 0.5) is 0 Å². The average molecular weight is 321 g/mol. The third-order valence-electron chi connectivity index (χ3n) is 3.56. The van der Waals surface area contributed by atoms with Gasteiger partial charge in [-0.2, -0.15) is 5.20 Å². The Hall–Kier alpha value is -1.000. The molecule has 1 aromatic carbocycles. The van der Waals surface area contributed by atoms with Crippen LogP contribution in [-0.2, 0) is 17.4 Å². The molecule has 1 N–H and O–H groups in total. The molecule has 1 aromatic heterocycles. The molecule has 0 bridgehead atoms. The Morgan fingerprint density at radius 3 is 2.57 bits per heavy atom. The highest BCUT2D eigenvalue weighted by Crippen LogP contribution is 2.41. The van der Waals surface area contributed by atoms with E-state index in [9.17, 15) is 4.57 Å². The Bertz CT molecular complexity index is 645. The highest BCUT2D eigenvalue weighted by atomic mass is 32.1. The van der Waals surface area contributed by atoms with Gasteiger partial charge in [0.2, 0.25) is 7.29 Å². The van der Waals surface area contributed by atoms with Gasteiger partial charge in [0.05, 0.1) is 5.69 Å². The number of hydrogen-bond donors (Lipinski definition) is 1. The van der Waals surface area contributed by atoms with Gasteiger partial charge in [-0.1, -0.05) is 18.2 Å². The van der Waals surface area contributed by atoms with Gasteiger partial charge in [-0.05, 0) is 37.8 Å². The van der Waals surface area contributed by atoms with Crippen molar-refractivity contribution in [2.24, 2.45) is 0 Å². The minimum absolute atomic E-state index is 0.731. The average Bonchev–Trinajstić information content (AvgIpc) is 2.92. The standard InChI is InChI=1S/C15H20N3OPS/c1-18(2)17-20(19,12-8-4-3-5-9-12)15-16-13-10-6-7-11-14(13)21-15/h3-5,8-9H,6-7,10-11H2,1-2H3,(H,17,19). The number of hydrazine groups is 1. The Morgan fingerprint density at radius 1 is 1.19 bits per heavy atom. The van der Waals surface area contributed by atoms with E-state index in [-0.39, 0.29) is 0 Å². The van der Waals surface area contributed by atoms with Crippen molar-refractivity contribution in [3.63, 3.8) is 0 Å². The molecule has 0 aliphatic heterocycles. The molecule has 1 aliphatic carbocycles.